The second-order valence-corrected chi connectivity index (χ2v) is 58.1. The summed E-state index contributed by atoms with van der Waals surface area (Å²) >= 11 is 0. The normalized spacial score (nSPS) is 24.1. The highest BCUT2D eigenvalue weighted by molar-refractivity contribution is 5.78. The van der Waals surface area contributed by atoms with Crippen molar-refractivity contribution >= 4 is 35.8 Å². The van der Waals surface area contributed by atoms with Crippen molar-refractivity contribution in [2.45, 2.75) is 651 Å². The van der Waals surface area contributed by atoms with Gasteiger partial charge in [-0.2, -0.15) is 10.1 Å². The monoisotopic (exact) mass is 2080 g/mol. The molecule has 856 valence electrons. The van der Waals surface area contributed by atoms with Crippen molar-refractivity contribution in [2.75, 3.05) is 13.2 Å². The van der Waals surface area contributed by atoms with E-state index in [1.165, 1.54) is 54.2 Å². The Morgan fingerprint density at radius 1 is 0.338 bits per heavy atom. The molecule has 1 saturated carbocycles. The minimum atomic E-state index is -0.507. The van der Waals surface area contributed by atoms with Gasteiger partial charge in [-0.15, -0.1) is 0 Å². The number of ether oxygens (including phenoxy) is 8. The molecular weight excluding hydrogens is 1860 g/mol. The lowest BCUT2D eigenvalue weighted by molar-refractivity contribution is -0.260. The Hall–Kier alpha value is -5.54. The molecule has 7 aliphatic heterocycles. The average Bonchev–Trinajstić information content (AvgIpc) is 0.771. The van der Waals surface area contributed by atoms with Gasteiger partial charge in [0, 0.05) is 176 Å². The zero-order valence-corrected chi connectivity index (χ0v) is 101. The van der Waals surface area contributed by atoms with Crippen LogP contribution < -0.4 is 21.3 Å². The number of aromatic hydroxyl groups is 2. The Morgan fingerprint density at radius 3 is 0.838 bits per heavy atom. The number of hydroxylamine groups is 4. The molecular formula is C124H222N6O18. The number of unbranched alkanes of at least 4 members (excludes halogenated alkanes) is 9. The summed E-state index contributed by atoms with van der Waals surface area (Å²) in [5.74, 6) is 1.92. The molecule has 8 fully saturated rings. The van der Waals surface area contributed by atoms with Gasteiger partial charge < -0.3 is 79.8 Å². The highest BCUT2D eigenvalue weighted by atomic mass is 16.7. The third-order valence-corrected chi connectivity index (χ3v) is 31.3. The van der Waals surface area contributed by atoms with E-state index >= 15 is 0 Å². The predicted molar refractivity (Wildman–Crippen MR) is 601 cm³/mol. The maximum atomic E-state index is 12.9. The second kappa shape index (κ2) is 53.9. The summed E-state index contributed by atoms with van der Waals surface area (Å²) in [6.07, 6.45) is 32.6. The van der Waals surface area contributed by atoms with Gasteiger partial charge in [0.25, 0.3) is 0 Å². The fraction of sp³-hybridized carbons (Fsp3) is 0.855. The third kappa shape index (κ3) is 44.3. The van der Waals surface area contributed by atoms with Gasteiger partial charge in [-0.25, -0.2) is 0 Å². The van der Waals surface area contributed by atoms with Crippen molar-refractivity contribution in [1.29, 1.82) is 0 Å². The summed E-state index contributed by atoms with van der Waals surface area (Å²) in [5.41, 5.74) is 4.09. The summed E-state index contributed by atoms with van der Waals surface area (Å²) in [5, 5.41) is 59.6. The molecule has 0 radical (unpaired) electrons. The van der Waals surface area contributed by atoms with Gasteiger partial charge in [0.2, 0.25) is 0 Å². The minimum Gasteiger partial charge on any atom is -0.507 e. The molecule has 2 aromatic carbocycles. The van der Waals surface area contributed by atoms with Crippen molar-refractivity contribution in [1.82, 2.24) is 31.4 Å². The van der Waals surface area contributed by atoms with Gasteiger partial charge in [0.05, 0.1) is 32.0 Å². The number of hydrogen-bond donors (Lipinski definition) is 8. The first-order valence-corrected chi connectivity index (χ1v) is 57.9. The van der Waals surface area contributed by atoms with Crippen LogP contribution >= 0.6 is 0 Å². The van der Waals surface area contributed by atoms with Crippen LogP contribution in [0.2, 0.25) is 0 Å². The van der Waals surface area contributed by atoms with E-state index in [4.69, 9.17) is 37.9 Å². The van der Waals surface area contributed by atoms with Gasteiger partial charge in [0.1, 0.15) is 48.1 Å². The number of nitrogens with one attached hydrogen (secondary N) is 4. The second-order valence-electron chi connectivity index (χ2n) is 58.1. The number of carbonyl (C=O) groups excluding carboxylic acids is 6. The Morgan fingerprint density at radius 2 is 0.574 bits per heavy atom. The molecule has 24 nitrogen and oxygen atoms in total. The smallest absolute Gasteiger partial charge is 0.309 e. The van der Waals surface area contributed by atoms with Crippen LogP contribution in [0.15, 0.2) is 24.3 Å². The molecule has 2 aromatic rings. The van der Waals surface area contributed by atoms with Gasteiger partial charge in [-0.1, -0.05) is 187 Å². The molecule has 0 aromatic heterocycles. The van der Waals surface area contributed by atoms with E-state index < -0.39 is 34.1 Å². The van der Waals surface area contributed by atoms with E-state index in [1.54, 1.807) is 0 Å². The molecule has 8 N–H and O–H groups in total. The maximum absolute atomic E-state index is 12.9. The topological polar surface area (TPSA) is 312 Å². The Kier molecular flexibility index (Phi) is 47.8. The largest absolute Gasteiger partial charge is 0.507 e. The number of phenols is 2. The average molecular weight is 2090 g/mol. The number of phenolic OH excluding ortho intramolecular Hbond substituents is 2. The maximum Gasteiger partial charge on any atom is 0.309 e. The molecule has 7 heterocycles. The number of piperidine rings is 6. The van der Waals surface area contributed by atoms with Gasteiger partial charge in [-0.3, -0.25) is 28.8 Å². The van der Waals surface area contributed by atoms with Crippen LogP contribution in [-0.2, 0) is 88.3 Å². The summed E-state index contributed by atoms with van der Waals surface area (Å²) in [6, 6.07) is 8.70. The van der Waals surface area contributed by atoms with Crippen molar-refractivity contribution in [3.63, 3.8) is 0 Å². The van der Waals surface area contributed by atoms with Crippen LogP contribution in [-0.4, -0.2) is 183 Å². The van der Waals surface area contributed by atoms with Gasteiger partial charge in [-0.05, 0) is 304 Å². The fourth-order valence-electron chi connectivity index (χ4n) is 25.9. The molecule has 7 saturated heterocycles. The first kappa shape index (κ1) is 131. The lowest BCUT2D eigenvalue weighted by Crippen LogP contribution is -2.60. The fourth-order valence-corrected chi connectivity index (χ4v) is 25.9. The van der Waals surface area contributed by atoms with Crippen molar-refractivity contribution in [3.8, 4) is 11.5 Å². The Bertz CT molecular complexity index is 4090. The molecule has 148 heavy (non-hydrogen) atoms. The quantitative estimate of drug-likeness (QED) is 0.0183. The van der Waals surface area contributed by atoms with E-state index in [0.29, 0.717) is 68.3 Å². The summed E-state index contributed by atoms with van der Waals surface area (Å²) in [4.78, 5) is 74.4. The number of benzene rings is 2. The highest BCUT2D eigenvalue weighted by Gasteiger charge is 2.51. The predicted octanol–water partition coefficient (Wildman–Crippen LogP) is 28.7. The molecule has 1 atom stereocenters. The molecule has 8 aliphatic rings. The van der Waals surface area contributed by atoms with Crippen LogP contribution in [0.1, 0.15) is 561 Å². The highest BCUT2D eigenvalue weighted by Crippen LogP contribution is 2.49. The lowest BCUT2D eigenvalue weighted by atomic mass is 9.73. The van der Waals surface area contributed by atoms with Crippen LogP contribution in [0.4, 0.5) is 0 Å². The number of hydrogen-bond acceptors (Lipinski definition) is 24. The van der Waals surface area contributed by atoms with E-state index in [1.807, 2.05) is 55.4 Å². The van der Waals surface area contributed by atoms with E-state index in [9.17, 15) is 49.4 Å². The molecule has 0 bridgehead atoms. The third-order valence-electron chi connectivity index (χ3n) is 31.3. The summed E-state index contributed by atoms with van der Waals surface area (Å²) < 4.78 is 46.6. The number of rotatable bonds is 34. The van der Waals surface area contributed by atoms with Crippen molar-refractivity contribution in [3.05, 3.63) is 57.6 Å². The van der Waals surface area contributed by atoms with Gasteiger partial charge in [0.15, 0.2) is 6.29 Å². The lowest BCUT2D eigenvalue weighted by Gasteiger charge is -2.51. The molecule has 0 amide bonds. The number of carbonyl (C=O) groups is 6. The minimum absolute atomic E-state index is 0. The van der Waals surface area contributed by atoms with Crippen LogP contribution in [0.5, 0.6) is 11.5 Å². The van der Waals surface area contributed by atoms with Crippen LogP contribution in [0.25, 0.3) is 0 Å². The first-order valence-electron chi connectivity index (χ1n) is 57.9. The number of nitrogens with zero attached hydrogens (tertiary/aromatic N) is 2. The molecule has 10 rings (SSSR count). The van der Waals surface area contributed by atoms with E-state index in [0.717, 1.165) is 195 Å². The zero-order valence-electron chi connectivity index (χ0n) is 101. The van der Waals surface area contributed by atoms with Crippen LogP contribution in [0, 0.1) is 17.8 Å². The number of esters is 6. The first-order chi connectivity index (χ1) is 67.6. The summed E-state index contributed by atoms with van der Waals surface area (Å²) in [7, 11) is 0. The zero-order chi connectivity index (χ0) is 112. The molecule has 1 unspecified atom stereocenters. The molecule has 1 aliphatic carbocycles. The molecule has 24 heteroatoms. The Labute approximate surface area is 902 Å². The van der Waals surface area contributed by atoms with E-state index in [2.05, 4.69) is 260 Å². The Balaban J connectivity index is 0.000000330. The standard InChI is InChI=1S/C30H56N2O4.C28H52N2O4.C23H38O.C22H40N2O6.C21H34O3.H2/c1-10-22(26(34)36-24-20-29(6,7)32-30(8,9)21-24)16-14-12-11-13-15-17-25(33)35-23-18-27(2,3)31-28(4,5)19-23;1-25(2)17-21(18-26(3,4)29-25)33-23(31)15-13-11-9-10-12-14-16-24(32)34-22-19-27(5,6)30-28(7,8)20-22;1-8-9-16-10-12-17(13-11-16)18-14-19(22(2,3)4)21(24)20(15-18)23(5,6)7;1-19(2)11-15(12-20(3,4)23(19)27)29-17(25)9-10-18(26)30-16-13-21(5,6)24(28)22(7,8)14-16;1-8-9-14-12-23-19(24-13-14)15-10-16(20(2,3)4)18(22)17(11-15)21(5,6)7;/h22-24,31-32H,10-21H2,1-9H3;21-22,29-30H,9-20H2,1-8H3;14-17,24H,8-13H2,1-7H3;15-16,27-28H,9-14H2,1-8H3;10-11,14,19,22H,8-9,12-13H2,1-7H3;1H. The van der Waals surface area contributed by atoms with E-state index in [-0.39, 0.29) is 153 Å². The van der Waals surface area contributed by atoms with Crippen molar-refractivity contribution < 1.29 is 88.7 Å². The van der Waals surface area contributed by atoms with Gasteiger partial charge >= 0.3 is 35.8 Å². The SMILES string of the molecule is CC1(C)CC(OC(=O)CCC(=O)OC2CC(C)(C)N(O)C(C)(C)C2)CC(C)(C)N1O.CC1(C)CC(OC(=O)CCCCCCCCC(=O)OC2CC(C)(C)NC(C)(C)C2)CC(C)(C)N1.CCC(CCCCCCCC(=O)OC1CC(C)(C)NC(C)(C)C1)C(=O)OC1CC(C)(C)NC(C)(C)C1.CCCC1CCC(c2cc(C(C)(C)C)c(O)c(C(C)(C)C)c2)CC1.CCCC1COC(c2cc(C(C)(C)C)c(O)c(C(C)(C)C)c2)OC1.[HH]. The summed E-state index contributed by atoms with van der Waals surface area (Å²) in [6.45, 7) is 84.1. The molecule has 0 spiro atoms. The van der Waals surface area contributed by atoms with Crippen LogP contribution in [0.3, 0.4) is 0 Å². The van der Waals surface area contributed by atoms with Crippen molar-refractivity contribution in [2.24, 2.45) is 17.8 Å².